The third kappa shape index (κ3) is 2.83. The SMILES string of the molecule is CN(Cc1ncc[nH]1)S(=O)(=O)c1ccc([N+](=O)[O-])cc1. The zero-order valence-electron chi connectivity index (χ0n) is 10.6. The third-order valence-electron chi connectivity index (χ3n) is 2.68. The quantitative estimate of drug-likeness (QED) is 0.657. The first-order chi connectivity index (χ1) is 9.41. The van der Waals surface area contributed by atoms with Gasteiger partial charge in [0.15, 0.2) is 0 Å². The van der Waals surface area contributed by atoms with E-state index in [0.717, 1.165) is 16.4 Å². The molecule has 0 radical (unpaired) electrons. The summed E-state index contributed by atoms with van der Waals surface area (Å²) in [6.07, 6.45) is 3.13. The summed E-state index contributed by atoms with van der Waals surface area (Å²) in [5, 5.41) is 10.5. The predicted molar refractivity (Wildman–Crippen MR) is 70.3 cm³/mol. The second kappa shape index (κ2) is 5.39. The van der Waals surface area contributed by atoms with Gasteiger partial charge in [-0.1, -0.05) is 0 Å². The maximum atomic E-state index is 12.3. The standard InChI is InChI=1S/C11H12N4O4S/c1-14(8-11-12-6-7-13-11)20(18,19)10-4-2-9(3-5-10)15(16)17/h2-7H,8H2,1H3,(H,12,13). The second-order valence-electron chi connectivity index (χ2n) is 4.05. The highest BCUT2D eigenvalue weighted by Gasteiger charge is 2.22. The first kappa shape index (κ1) is 14.2. The monoisotopic (exact) mass is 296 g/mol. The molecule has 9 heteroatoms. The van der Waals surface area contributed by atoms with Crippen LogP contribution in [0.25, 0.3) is 0 Å². The Morgan fingerprint density at radius 3 is 2.50 bits per heavy atom. The molecule has 0 spiro atoms. The highest BCUT2D eigenvalue weighted by molar-refractivity contribution is 7.89. The largest absolute Gasteiger partial charge is 0.347 e. The number of H-pyrrole nitrogens is 1. The van der Waals surface area contributed by atoms with Crippen LogP contribution in [-0.2, 0) is 16.6 Å². The van der Waals surface area contributed by atoms with Crippen molar-refractivity contribution in [1.29, 1.82) is 0 Å². The van der Waals surface area contributed by atoms with Gasteiger partial charge in [-0.3, -0.25) is 10.1 Å². The first-order valence-corrected chi connectivity index (χ1v) is 7.04. The van der Waals surface area contributed by atoms with E-state index in [4.69, 9.17) is 0 Å². The number of nitrogens with zero attached hydrogens (tertiary/aromatic N) is 3. The van der Waals surface area contributed by atoms with Gasteiger partial charge in [-0.2, -0.15) is 4.31 Å². The molecule has 1 aromatic carbocycles. The smallest absolute Gasteiger partial charge is 0.269 e. The fourth-order valence-corrected chi connectivity index (χ4v) is 2.73. The Bertz CT molecular complexity index is 695. The van der Waals surface area contributed by atoms with Gasteiger partial charge in [0, 0.05) is 31.6 Å². The molecule has 0 amide bonds. The summed E-state index contributed by atoms with van der Waals surface area (Å²) in [5.41, 5.74) is -0.155. The summed E-state index contributed by atoms with van der Waals surface area (Å²) in [6.45, 7) is 0.0896. The van der Waals surface area contributed by atoms with E-state index in [9.17, 15) is 18.5 Å². The second-order valence-corrected chi connectivity index (χ2v) is 6.09. The van der Waals surface area contributed by atoms with Crippen molar-refractivity contribution in [3.05, 3.63) is 52.6 Å². The molecule has 0 aliphatic carbocycles. The number of hydrogen-bond donors (Lipinski definition) is 1. The summed E-state index contributed by atoms with van der Waals surface area (Å²) in [6, 6.07) is 4.75. The molecule has 8 nitrogen and oxygen atoms in total. The van der Waals surface area contributed by atoms with Gasteiger partial charge in [0.2, 0.25) is 10.0 Å². The van der Waals surface area contributed by atoms with Crippen LogP contribution in [0, 0.1) is 10.1 Å². The molecule has 0 aliphatic heterocycles. The van der Waals surface area contributed by atoms with Gasteiger partial charge in [-0.05, 0) is 12.1 Å². The number of imidazole rings is 1. The minimum atomic E-state index is -3.71. The lowest BCUT2D eigenvalue weighted by atomic mass is 10.3. The zero-order chi connectivity index (χ0) is 14.8. The van der Waals surface area contributed by atoms with E-state index in [1.807, 2.05) is 0 Å². The highest BCUT2D eigenvalue weighted by atomic mass is 32.2. The molecular weight excluding hydrogens is 284 g/mol. The van der Waals surface area contributed by atoms with Crippen LogP contribution in [0.15, 0.2) is 41.6 Å². The fourth-order valence-electron chi connectivity index (χ4n) is 1.60. The maximum Gasteiger partial charge on any atom is 0.269 e. The number of aromatic nitrogens is 2. The number of nitro groups is 1. The van der Waals surface area contributed by atoms with E-state index >= 15 is 0 Å². The van der Waals surface area contributed by atoms with Crippen molar-refractivity contribution in [3.8, 4) is 0 Å². The molecule has 0 saturated carbocycles. The Morgan fingerprint density at radius 1 is 1.35 bits per heavy atom. The van der Waals surface area contributed by atoms with E-state index in [2.05, 4.69) is 9.97 Å². The Balaban J connectivity index is 2.23. The number of hydrogen-bond acceptors (Lipinski definition) is 5. The molecular formula is C11H12N4O4S. The Morgan fingerprint density at radius 2 is 2.00 bits per heavy atom. The number of nitrogens with one attached hydrogen (secondary N) is 1. The average Bonchev–Trinajstić information content (AvgIpc) is 2.91. The summed E-state index contributed by atoms with van der Waals surface area (Å²) in [5.74, 6) is 0.512. The summed E-state index contributed by atoms with van der Waals surface area (Å²) >= 11 is 0. The number of benzene rings is 1. The van der Waals surface area contributed by atoms with E-state index < -0.39 is 14.9 Å². The molecule has 1 N–H and O–H groups in total. The Kier molecular flexibility index (Phi) is 3.81. The molecule has 1 aromatic heterocycles. The van der Waals surface area contributed by atoms with Crippen LogP contribution in [0.5, 0.6) is 0 Å². The summed E-state index contributed by atoms with van der Waals surface area (Å²) in [7, 11) is -2.29. The van der Waals surface area contributed by atoms with E-state index in [0.29, 0.717) is 5.82 Å². The number of sulfonamides is 1. The van der Waals surface area contributed by atoms with Crippen molar-refractivity contribution in [2.75, 3.05) is 7.05 Å². The van der Waals surface area contributed by atoms with Crippen LogP contribution in [-0.4, -0.2) is 34.7 Å². The first-order valence-electron chi connectivity index (χ1n) is 5.60. The molecule has 106 valence electrons. The van der Waals surface area contributed by atoms with Crippen molar-refractivity contribution in [2.24, 2.45) is 0 Å². The maximum absolute atomic E-state index is 12.3. The Hall–Kier alpha value is -2.26. The average molecular weight is 296 g/mol. The van der Waals surface area contributed by atoms with Crippen LogP contribution >= 0.6 is 0 Å². The molecule has 2 rings (SSSR count). The van der Waals surface area contributed by atoms with Crippen molar-refractivity contribution in [2.45, 2.75) is 11.4 Å². The molecule has 0 aliphatic rings. The fraction of sp³-hybridized carbons (Fsp3) is 0.182. The van der Waals surface area contributed by atoms with Gasteiger partial charge in [0.1, 0.15) is 5.82 Å². The van der Waals surface area contributed by atoms with Gasteiger partial charge in [0.25, 0.3) is 5.69 Å². The van der Waals surface area contributed by atoms with Crippen molar-refractivity contribution in [1.82, 2.24) is 14.3 Å². The number of aromatic amines is 1. The van der Waals surface area contributed by atoms with E-state index in [1.54, 1.807) is 6.20 Å². The topological polar surface area (TPSA) is 109 Å². The zero-order valence-corrected chi connectivity index (χ0v) is 11.4. The summed E-state index contributed by atoms with van der Waals surface area (Å²) < 4.78 is 25.6. The molecule has 1 heterocycles. The normalized spacial score (nSPS) is 11.7. The van der Waals surface area contributed by atoms with Gasteiger partial charge in [-0.15, -0.1) is 0 Å². The van der Waals surface area contributed by atoms with Crippen LogP contribution in [0.4, 0.5) is 5.69 Å². The van der Waals surface area contributed by atoms with Crippen LogP contribution in [0.3, 0.4) is 0 Å². The number of non-ortho nitro benzene ring substituents is 1. The number of rotatable bonds is 5. The predicted octanol–water partition coefficient (Wildman–Crippen LogP) is 1.14. The molecule has 0 fully saturated rings. The summed E-state index contributed by atoms with van der Waals surface area (Å²) in [4.78, 5) is 16.7. The van der Waals surface area contributed by atoms with Crippen LogP contribution in [0.2, 0.25) is 0 Å². The molecule has 0 atom stereocenters. The molecule has 0 unspecified atom stereocenters. The van der Waals surface area contributed by atoms with Crippen molar-refractivity contribution >= 4 is 15.7 Å². The van der Waals surface area contributed by atoms with Gasteiger partial charge >= 0.3 is 0 Å². The van der Waals surface area contributed by atoms with Crippen LogP contribution < -0.4 is 0 Å². The van der Waals surface area contributed by atoms with Gasteiger partial charge in [0.05, 0.1) is 16.4 Å². The van der Waals surface area contributed by atoms with Gasteiger partial charge < -0.3 is 4.98 Å². The molecule has 0 saturated heterocycles. The highest BCUT2D eigenvalue weighted by Crippen LogP contribution is 2.19. The number of nitro benzene ring substituents is 1. The Labute approximate surface area is 115 Å². The van der Waals surface area contributed by atoms with Crippen molar-refractivity contribution in [3.63, 3.8) is 0 Å². The lowest BCUT2D eigenvalue weighted by Crippen LogP contribution is -2.27. The minimum Gasteiger partial charge on any atom is -0.347 e. The van der Waals surface area contributed by atoms with E-state index in [-0.39, 0.29) is 17.1 Å². The lowest BCUT2D eigenvalue weighted by Gasteiger charge is -2.15. The third-order valence-corrected chi connectivity index (χ3v) is 4.50. The minimum absolute atomic E-state index is 0.00263. The van der Waals surface area contributed by atoms with Crippen molar-refractivity contribution < 1.29 is 13.3 Å². The molecule has 20 heavy (non-hydrogen) atoms. The van der Waals surface area contributed by atoms with Gasteiger partial charge in [-0.25, -0.2) is 13.4 Å². The van der Waals surface area contributed by atoms with Crippen LogP contribution in [0.1, 0.15) is 5.82 Å². The molecule has 2 aromatic rings. The lowest BCUT2D eigenvalue weighted by molar-refractivity contribution is -0.384. The van der Waals surface area contributed by atoms with E-state index in [1.165, 1.54) is 25.4 Å². The molecule has 0 bridgehead atoms.